The van der Waals surface area contributed by atoms with Crippen LogP contribution in [0.1, 0.15) is 38.5 Å². The minimum Gasteiger partial charge on any atom is -0.335 e. The third-order valence-electron chi connectivity index (χ3n) is 5.02. The van der Waals surface area contributed by atoms with Gasteiger partial charge in [0.2, 0.25) is 0 Å². The van der Waals surface area contributed by atoms with Gasteiger partial charge in [0.1, 0.15) is 0 Å². The summed E-state index contributed by atoms with van der Waals surface area (Å²) in [5, 5.41) is 0. The summed E-state index contributed by atoms with van der Waals surface area (Å²) in [4.78, 5) is 23.7. The van der Waals surface area contributed by atoms with Gasteiger partial charge in [0.25, 0.3) is 5.91 Å². The van der Waals surface area contributed by atoms with Crippen molar-refractivity contribution in [3.63, 3.8) is 0 Å². The molecule has 0 spiro atoms. The lowest BCUT2D eigenvalue weighted by molar-refractivity contribution is 0.0633. The van der Waals surface area contributed by atoms with Crippen molar-refractivity contribution in [3.8, 4) is 0 Å². The number of pyridine rings is 1. The first kappa shape index (κ1) is 15.8. The van der Waals surface area contributed by atoms with Gasteiger partial charge >= 0.3 is 0 Å². The summed E-state index contributed by atoms with van der Waals surface area (Å²) in [6, 6.07) is 6.28. The molecule has 5 heteroatoms. The third kappa shape index (κ3) is 3.37. The minimum atomic E-state index is 0.234. The average Bonchev–Trinajstić information content (AvgIpc) is 3.07. The van der Waals surface area contributed by atoms with Crippen molar-refractivity contribution in [2.24, 2.45) is 0 Å². The Balaban J connectivity index is 1.35. The number of hydrogen-bond acceptors (Lipinski definition) is 4. The molecule has 2 aromatic heterocycles. The predicted octanol–water partition coefficient (Wildman–Crippen LogP) is 2.98. The lowest BCUT2D eigenvalue weighted by atomic mass is 9.99. The number of rotatable bonds is 3. The van der Waals surface area contributed by atoms with Gasteiger partial charge in [-0.3, -0.25) is 14.7 Å². The van der Waals surface area contributed by atoms with Crippen LogP contribution in [0.4, 0.5) is 0 Å². The van der Waals surface area contributed by atoms with Crippen molar-refractivity contribution in [2.45, 2.75) is 32.2 Å². The smallest absolute Gasteiger partial charge is 0.264 e. The minimum absolute atomic E-state index is 0.234. The average molecular weight is 341 g/mol. The van der Waals surface area contributed by atoms with E-state index >= 15 is 0 Å². The van der Waals surface area contributed by atoms with Gasteiger partial charge in [-0.15, -0.1) is 11.3 Å². The summed E-state index contributed by atoms with van der Waals surface area (Å²) in [6.45, 7) is 4.48. The molecule has 0 bridgehead atoms. The molecule has 1 aliphatic heterocycles. The van der Waals surface area contributed by atoms with Gasteiger partial charge in [0.05, 0.1) is 4.88 Å². The Labute approximate surface area is 147 Å². The number of fused-ring (bicyclic) bond motifs is 1. The zero-order valence-corrected chi connectivity index (χ0v) is 14.7. The van der Waals surface area contributed by atoms with E-state index in [9.17, 15) is 4.79 Å². The lowest BCUT2D eigenvalue weighted by Gasteiger charge is -2.34. The number of piperazine rings is 1. The van der Waals surface area contributed by atoms with Crippen LogP contribution in [0.2, 0.25) is 0 Å². The van der Waals surface area contributed by atoms with E-state index in [1.54, 1.807) is 11.3 Å². The zero-order chi connectivity index (χ0) is 16.4. The maximum absolute atomic E-state index is 12.8. The van der Waals surface area contributed by atoms with E-state index in [0.717, 1.165) is 50.4 Å². The van der Waals surface area contributed by atoms with Gasteiger partial charge in [0.15, 0.2) is 0 Å². The summed E-state index contributed by atoms with van der Waals surface area (Å²) in [5.41, 5.74) is 2.71. The normalized spacial score (nSPS) is 18.4. The highest BCUT2D eigenvalue weighted by Crippen LogP contribution is 2.30. The molecule has 1 fully saturated rings. The maximum Gasteiger partial charge on any atom is 0.264 e. The molecule has 126 valence electrons. The molecule has 3 heterocycles. The van der Waals surface area contributed by atoms with E-state index in [-0.39, 0.29) is 5.91 Å². The number of carbonyl (C=O) groups excluding carboxylic acids is 1. The lowest BCUT2D eigenvalue weighted by Crippen LogP contribution is -2.48. The van der Waals surface area contributed by atoms with E-state index < -0.39 is 0 Å². The van der Waals surface area contributed by atoms with Crippen molar-refractivity contribution < 1.29 is 4.79 Å². The van der Waals surface area contributed by atoms with Crippen LogP contribution in [0.25, 0.3) is 0 Å². The molecule has 0 aromatic carbocycles. The summed E-state index contributed by atoms with van der Waals surface area (Å²) in [5.74, 6) is 0.234. The molecule has 4 nitrogen and oxygen atoms in total. The van der Waals surface area contributed by atoms with E-state index in [1.165, 1.54) is 28.8 Å². The molecule has 1 aliphatic carbocycles. The topological polar surface area (TPSA) is 36.4 Å². The molecule has 2 aliphatic rings. The second-order valence-corrected chi connectivity index (χ2v) is 7.83. The van der Waals surface area contributed by atoms with Crippen LogP contribution in [0.3, 0.4) is 0 Å². The fourth-order valence-electron chi connectivity index (χ4n) is 3.61. The Kier molecular flexibility index (Phi) is 4.63. The summed E-state index contributed by atoms with van der Waals surface area (Å²) < 4.78 is 0. The van der Waals surface area contributed by atoms with Gasteiger partial charge in [-0.1, -0.05) is 0 Å². The van der Waals surface area contributed by atoms with Gasteiger partial charge in [-0.2, -0.15) is 0 Å². The highest BCUT2D eigenvalue weighted by Gasteiger charge is 2.25. The molecule has 1 saturated heterocycles. The standard InChI is InChI=1S/C19H23N3OS/c23-19(18-13-16-3-1-2-4-17(16)24-18)22-11-9-21(10-12-22)14-15-5-7-20-8-6-15/h5-8,13H,1-4,9-12,14H2. The molecular weight excluding hydrogens is 318 g/mol. The van der Waals surface area contributed by atoms with Crippen molar-refractivity contribution in [2.75, 3.05) is 26.2 Å². The molecule has 0 radical (unpaired) electrons. The zero-order valence-electron chi connectivity index (χ0n) is 13.9. The number of nitrogens with zero attached hydrogens (tertiary/aromatic N) is 3. The SMILES string of the molecule is O=C(c1cc2c(s1)CCCC2)N1CCN(Cc2ccncc2)CC1. The van der Waals surface area contributed by atoms with Crippen LogP contribution in [0.15, 0.2) is 30.6 Å². The number of aryl methyl sites for hydroxylation is 2. The van der Waals surface area contributed by atoms with E-state index in [4.69, 9.17) is 0 Å². The van der Waals surface area contributed by atoms with Crippen molar-refractivity contribution >= 4 is 17.2 Å². The molecule has 0 N–H and O–H groups in total. The summed E-state index contributed by atoms with van der Waals surface area (Å²) in [7, 11) is 0. The van der Waals surface area contributed by atoms with E-state index in [1.807, 2.05) is 17.3 Å². The quantitative estimate of drug-likeness (QED) is 0.861. The van der Waals surface area contributed by atoms with Crippen LogP contribution in [-0.2, 0) is 19.4 Å². The van der Waals surface area contributed by atoms with Gasteiger partial charge in [0, 0.05) is 50.0 Å². The molecular formula is C19H23N3OS. The number of carbonyl (C=O) groups is 1. The van der Waals surface area contributed by atoms with Crippen molar-refractivity contribution in [1.29, 1.82) is 0 Å². The Bertz CT molecular complexity index is 681. The van der Waals surface area contributed by atoms with Crippen LogP contribution < -0.4 is 0 Å². The molecule has 1 amide bonds. The molecule has 0 unspecified atom stereocenters. The number of hydrogen-bond donors (Lipinski definition) is 0. The molecule has 0 saturated carbocycles. The summed E-state index contributed by atoms with van der Waals surface area (Å²) >= 11 is 1.73. The van der Waals surface area contributed by atoms with Crippen LogP contribution >= 0.6 is 11.3 Å². The Morgan fingerprint density at radius 1 is 1.08 bits per heavy atom. The molecule has 4 rings (SSSR count). The first-order valence-corrected chi connectivity index (χ1v) is 9.63. The first-order chi connectivity index (χ1) is 11.8. The van der Waals surface area contributed by atoms with Gasteiger partial charge in [-0.25, -0.2) is 0 Å². The fourth-order valence-corrected chi connectivity index (χ4v) is 4.83. The number of thiophene rings is 1. The van der Waals surface area contributed by atoms with E-state index in [2.05, 4.69) is 28.1 Å². The maximum atomic E-state index is 12.8. The van der Waals surface area contributed by atoms with Crippen LogP contribution in [-0.4, -0.2) is 46.9 Å². The van der Waals surface area contributed by atoms with Crippen LogP contribution in [0, 0.1) is 0 Å². The highest BCUT2D eigenvalue weighted by atomic mass is 32.1. The Morgan fingerprint density at radius 2 is 1.83 bits per heavy atom. The third-order valence-corrected chi connectivity index (χ3v) is 6.25. The Morgan fingerprint density at radius 3 is 2.58 bits per heavy atom. The summed E-state index contributed by atoms with van der Waals surface area (Å²) in [6.07, 6.45) is 8.53. The predicted molar refractivity (Wildman–Crippen MR) is 96.4 cm³/mol. The number of amides is 1. The second kappa shape index (κ2) is 7.03. The second-order valence-electron chi connectivity index (χ2n) is 6.69. The molecule has 2 aromatic rings. The van der Waals surface area contributed by atoms with Gasteiger partial charge in [-0.05, 0) is 55.0 Å². The Hall–Kier alpha value is -1.72. The molecule has 24 heavy (non-hydrogen) atoms. The number of aromatic nitrogens is 1. The largest absolute Gasteiger partial charge is 0.335 e. The van der Waals surface area contributed by atoms with Crippen molar-refractivity contribution in [3.05, 3.63) is 51.5 Å². The molecule has 0 atom stereocenters. The van der Waals surface area contributed by atoms with Gasteiger partial charge < -0.3 is 4.90 Å². The highest BCUT2D eigenvalue weighted by molar-refractivity contribution is 7.14. The van der Waals surface area contributed by atoms with E-state index in [0.29, 0.717) is 0 Å². The monoisotopic (exact) mass is 341 g/mol. The first-order valence-electron chi connectivity index (χ1n) is 8.82. The van der Waals surface area contributed by atoms with Crippen molar-refractivity contribution in [1.82, 2.24) is 14.8 Å². The van der Waals surface area contributed by atoms with Crippen LogP contribution in [0.5, 0.6) is 0 Å². The fraction of sp³-hybridized carbons (Fsp3) is 0.474.